The SMILES string of the molecule is CC(C)[C@@H](NC1CCOCC1)C(=O)NCc1ccc2ccccc2c1. The summed E-state index contributed by atoms with van der Waals surface area (Å²) in [5, 5.41) is 9.06. The smallest absolute Gasteiger partial charge is 0.237 e. The Morgan fingerprint density at radius 2 is 1.84 bits per heavy atom. The molecule has 3 rings (SSSR count). The lowest BCUT2D eigenvalue weighted by atomic mass is 9.99. The maximum atomic E-state index is 12.7. The third-order valence-corrected chi connectivity index (χ3v) is 4.87. The van der Waals surface area contributed by atoms with Gasteiger partial charge in [-0.25, -0.2) is 0 Å². The standard InChI is InChI=1S/C21H28N2O2/c1-15(2)20(23-19-9-11-25-12-10-19)21(24)22-14-16-7-8-17-5-3-4-6-18(17)13-16/h3-8,13,15,19-20,23H,9-12,14H2,1-2H3,(H,22,24)/t20-/m1/s1. The summed E-state index contributed by atoms with van der Waals surface area (Å²) in [7, 11) is 0. The van der Waals surface area contributed by atoms with Crippen molar-refractivity contribution in [1.29, 1.82) is 0 Å². The summed E-state index contributed by atoms with van der Waals surface area (Å²) in [5.41, 5.74) is 1.13. The van der Waals surface area contributed by atoms with E-state index in [2.05, 4.69) is 54.8 Å². The first-order chi connectivity index (χ1) is 12.1. The number of nitrogens with one attached hydrogen (secondary N) is 2. The Bertz CT molecular complexity index is 708. The molecule has 2 aromatic carbocycles. The van der Waals surface area contributed by atoms with Gasteiger partial charge >= 0.3 is 0 Å². The Balaban J connectivity index is 1.59. The number of hydrogen-bond donors (Lipinski definition) is 2. The van der Waals surface area contributed by atoms with Crippen LogP contribution in [0.5, 0.6) is 0 Å². The van der Waals surface area contributed by atoms with E-state index < -0.39 is 0 Å². The first kappa shape index (κ1) is 17.9. The van der Waals surface area contributed by atoms with Gasteiger partial charge < -0.3 is 15.4 Å². The molecule has 1 saturated heterocycles. The maximum Gasteiger partial charge on any atom is 0.237 e. The molecule has 4 heteroatoms. The lowest BCUT2D eigenvalue weighted by Crippen LogP contribution is -2.52. The lowest BCUT2D eigenvalue weighted by molar-refractivity contribution is -0.124. The Morgan fingerprint density at radius 3 is 2.56 bits per heavy atom. The van der Waals surface area contributed by atoms with Gasteiger partial charge in [0.25, 0.3) is 0 Å². The Labute approximate surface area is 149 Å². The number of carbonyl (C=O) groups excluding carboxylic acids is 1. The van der Waals surface area contributed by atoms with Crippen molar-refractivity contribution in [3.05, 3.63) is 48.0 Å². The van der Waals surface area contributed by atoms with Gasteiger partial charge in [-0.15, -0.1) is 0 Å². The third kappa shape index (κ3) is 4.80. The van der Waals surface area contributed by atoms with Crippen LogP contribution in [0.3, 0.4) is 0 Å². The molecule has 1 aliphatic rings. The Morgan fingerprint density at radius 1 is 1.12 bits per heavy atom. The Hall–Kier alpha value is -1.91. The van der Waals surface area contributed by atoms with Gasteiger partial charge in [0, 0.05) is 25.8 Å². The average molecular weight is 340 g/mol. The van der Waals surface area contributed by atoms with E-state index in [0.29, 0.717) is 12.6 Å². The van der Waals surface area contributed by atoms with Crippen molar-refractivity contribution in [2.75, 3.05) is 13.2 Å². The van der Waals surface area contributed by atoms with E-state index in [1.807, 2.05) is 12.1 Å². The van der Waals surface area contributed by atoms with Gasteiger partial charge in [0.2, 0.25) is 5.91 Å². The summed E-state index contributed by atoms with van der Waals surface area (Å²) in [6, 6.07) is 14.8. The summed E-state index contributed by atoms with van der Waals surface area (Å²) in [5.74, 6) is 0.328. The van der Waals surface area contributed by atoms with Crippen molar-refractivity contribution in [1.82, 2.24) is 10.6 Å². The van der Waals surface area contributed by atoms with Crippen molar-refractivity contribution in [2.45, 2.75) is 45.3 Å². The molecule has 0 saturated carbocycles. The number of hydrogen-bond acceptors (Lipinski definition) is 3. The summed E-state index contributed by atoms with van der Waals surface area (Å²) in [6.45, 7) is 6.30. The number of amides is 1. The van der Waals surface area contributed by atoms with E-state index in [9.17, 15) is 4.79 Å². The summed E-state index contributed by atoms with van der Waals surface area (Å²) in [6.07, 6.45) is 1.95. The number of benzene rings is 2. The molecular formula is C21H28N2O2. The molecule has 2 N–H and O–H groups in total. The predicted octanol–water partition coefficient (Wildman–Crippen LogP) is 3.25. The molecule has 1 heterocycles. The highest BCUT2D eigenvalue weighted by molar-refractivity contribution is 5.84. The molecule has 0 aliphatic carbocycles. The molecule has 1 atom stereocenters. The molecule has 25 heavy (non-hydrogen) atoms. The fourth-order valence-corrected chi connectivity index (χ4v) is 3.34. The quantitative estimate of drug-likeness (QED) is 0.849. The van der Waals surface area contributed by atoms with Crippen molar-refractivity contribution in [3.63, 3.8) is 0 Å². The monoisotopic (exact) mass is 340 g/mol. The van der Waals surface area contributed by atoms with Gasteiger partial charge in [0.05, 0.1) is 6.04 Å². The van der Waals surface area contributed by atoms with Crippen molar-refractivity contribution in [3.8, 4) is 0 Å². The normalized spacial score (nSPS) is 16.9. The Kier molecular flexibility index (Phi) is 6.05. The van der Waals surface area contributed by atoms with Crippen LogP contribution in [0.25, 0.3) is 10.8 Å². The van der Waals surface area contributed by atoms with Crippen molar-refractivity contribution in [2.24, 2.45) is 5.92 Å². The second kappa shape index (κ2) is 8.45. The molecule has 2 aromatic rings. The van der Waals surface area contributed by atoms with Gasteiger partial charge in [-0.2, -0.15) is 0 Å². The van der Waals surface area contributed by atoms with Crippen molar-refractivity contribution < 1.29 is 9.53 Å². The van der Waals surface area contributed by atoms with Crippen LogP contribution in [0.15, 0.2) is 42.5 Å². The van der Waals surface area contributed by atoms with E-state index >= 15 is 0 Å². The zero-order chi connectivity index (χ0) is 17.6. The highest BCUT2D eigenvalue weighted by Crippen LogP contribution is 2.16. The lowest BCUT2D eigenvalue weighted by Gasteiger charge is -2.30. The van der Waals surface area contributed by atoms with Crippen LogP contribution in [0.1, 0.15) is 32.3 Å². The first-order valence-corrected chi connectivity index (χ1v) is 9.22. The molecule has 0 radical (unpaired) electrons. The molecule has 0 spiro atoms. The summed E-state index contributed by atoms with van der Waals surface area (Å²) >= 11 is 0. The van der Waals surface area contributed by atoms with Crippen LogP contribution in [-0.4, -0.2) is 31.2 Å². The number of ether oxygens (including phenoxy) is 1. The molecule has 4 nitrogen and oxygen atoms in total. The van der Waals surface area contributed by atoms with Gasteiger partial charge in [-0.05, 0) is 41.2 Å². The zero-order valence-electron chi connectivity index (χ0n) is 15.1. The maximum absolute atomic E-state index is 12.7. The van der Waals surface area contributed by atoms with E-state index in [-0.39, 0.29) is 17.9 Å². The van der Waals surface area contributed by atoms with Crippen LogP contribution in [-0.2, 0) is 16.1 Å². The molecular weight excluding hydrogens is 312 g/mol. The molecule has 0 unspecified atom stereocenters. The van der Waals surface area contributed by atoms with E-state index in [1.54, 1.807) is 0 Å². The minimum Gasteiger partial charge on any atom is -0.381 e. The topological polar surface area (TPSA) is 50.4 Å². The van der Waals surface area contributed by atoms with E-state index in [1.165, 1.54) is 10.8 Å². The molecule has 0 bridgehead atoms. The van der Waals surface area contributed by atoms with Gasteiger partial charge in [-0.1, -0.05) is 50.2 Å². The van der Waals surface area contributed by atoms with Gasteiger partial charge in [0.1, 0.15) is 0 Å². The molecule has 0 aromatic heterocycles. The first-order valence-electron chi connectivity index (χ1n) is 9.22. The average Bonchev–Trinajstić information content (AvgIpc) is 2.64. The van der Waals surface area contributed by atoms with Crippen LogP contribution < -0.4 is 10.6 Å². The second-order valence-electron chi connectivity index (χ2n) is 7.17. The summed E-state index contributed by atoms with van der Waals surface area (Å²) in [4.78, 5) is 12.7. The van der Waals surface area contributed by atoms with E-state index in [4.69, 9.17) is 4.74 Å². The molecule has 1 amide bonds. The third-order valence-electron chi connectivity index (χ3n) is 4.87. The second-order valence-corrected chi connectivity index (χ2v) is 7.17. The number of rotatable bonds is 6. The van der Waals surface area contributed by atoms with Crippen LogP contribution in [0.2, 0.25) is 0 Å². The highest BCUT2D eigenvalue weighted by atomic mass is 16.5. The largest absolute Gasteiger partial charge is 0.381 e. The van der Waals surface area contributed by atoms with Gasteiger partial charge in [0.15, 0.2) is 0 Å². The van der Waals surface area contributed by atoms with Gasteiger partial charge in [-0.3, -0.25) is 4.79 Å². The fraction of sp³-hybridized carbons (Fsp3) is 0.476. The van der Waals surface area contributed by atoms with E-state index in [0.717, 1.165) is 31.6 Å². The highest BCUT2D eigenvalue weighted by Gasteiger charge is 2.26. The van der Waals surface area contributed by atoms with Crippen LogP contribution >= 0.6 is 0 Å². The minimum absolute atomic E-state index is 0.0784. The van der Waals surface area contributed by atoms with Crippen LogP contribution in [0.4, 0.5) is 0 Å². The number of fused-ring (bicyclic) bond motifs is 1. The minimum atomic E-state index is -0.163. The zero-order valence-corrected chi connectivity index (χ0v) is 15.1. The summed E-state index contributed by atoms with van der Waals surface area (Å²) < 4.78 is 5.40. The predicted molar refractivity (Wildman–Crippen MR) is 101 cm³/mol. The van der Waals surface area contributed by atoms with Crippen molar-refractivity contribution >= 4 is 16.7 Å². The molecule has 1 aliphatic heterocycles. The fourth-order valence-electron chi connectivity index (χ4n) is 3.34. The molecule has 134 valence electrons. The molecule has 1 fully saturated rings. The number of carbonyl (C=O) groups is 1. The van der Waals surface area contributed by atoms with Crippen LogP contribution in [0, 0.1) is 5.92 Å².